The molecule has 136 valence electrons. The molecule has 2 heterocycles. The van der Waals surface area contributed by atoms with Crippen LogP contribution in [0.15, 0.2) is 61.1 Å². The lowest BCUT2D eigenvalue weighted by molar-refractivity contribution is -0.138. The summed E-state index contributed by atoms with van der Waals surface area (Å²) in [6.07, 6.45) is 5.85. The van der Waals surface area contributed by atoms with Gasteiger partial charge in [0.05, 0.1) is 12.1 Å². The van der Waals surface area contributed by atoms with Crippen molar-refractivity contribution < 1.29 is 14.6 Å². The average Bonchev–Trinajstić information content (AvgIpc) is 3.49. The number of pyridine rings is 2. The number of hydrogen-bond donors (Lipinski definition) is 1. The van der Waals surface area contributed by atoms with E-state index in [0.29, 0.717) is 18.8 Å². The zero-order chi connectivity index (χ0) is 18.8. The summed E-state index contributed by atoms with van der Waals surface area (Å²) in [6, 6.07) is 14.0. The minimum absolute atomic E-state index is 0.0105. The fourth-order valence-corrected chi connectivity index (χ4v) is 3.13. The maximum Gasteiger partial charge on any atom is 0.307 e. The van der Waals surface area contributed by atoms with Gasteiger partial charge in [-0.25, -0.2) is 0 Å². The van der Waals surface area contributed by atoms with Gasteiger partial charge >= 0.3 is 5.97 Å². The number of benzene rings is 1. The lowest BCUT2D eigenvalue weighted by atomic mass is 10.1. The van der Waals surface area contributed by atoms with Crippen LogP contribution in [0.5, 0.6) is 5.75 Å². The first kappa shape index (κ1) is 17.2. The molecule has 2 atom stereocenters. The molecule has 0 bridgehead atoms. The fourth-order valence-electron chi connectivity index (χ4n) is 3.13. The molecule has 5 nitrogen and oxygen atoms in total. The van der Waals surface area contributed by atoms with Crippen molar-refractivity contribution in [1.29, 1.82) is 0 Å². The van der Waals surface area contributed by atoms with Crippen LogP contribution in [0.2, 0.25) is 0 Å². The Kier molecular flexibility index (Phi) is 4.59. The van der Waals surface area contributed by atoms with Crippen molar-refractivity contribution in [3.8, 4) is 16.9 Å². The highest BCUT2D eigenvalue weighted by Gasteiger charge is 2.45. The maximum atomic E-state index is 11.1. The molecule has 0 saturated heterocycles. The van der Waals surface area contributed by atoms with E-state index in [1.165, 1.54) is 5.56 Å². The van der Waals surface area contributed by atoms with Crippen LogP contribution in [0.25, 0.3) is 11.1 Å². The van der Waals surface area contributed by atoms with Crippen LogP contribution in [0.4, 0.5) is 0 Å². The van der Waals surface area contributed by atoms with Crippen LogP contribution in [-0.4, -0.2) is 21.0 Å². The van der Waals surface area contributed by atoms with Crippen molar-refractivity contribution in [2.75, 3.05) is 0 Å². The van der Waals surface area contributed by atoms with Crippen molar-refractivity contribution in [2.45, 2.75) is 25.9 Å². The molecule has 4 rings (SSSR count). The van der Waals surface area contributed by atoms with Crippen molar-refractivity contribution in [3.63, 3.8) is 0 Å². The molecule has 5 heteroatoms. The lowest BCUT2D eigenvalue weighted by Gasteiger charge is -2.09. The highest BCUT2D eigenvalue weighted by atomic mass is 16.5. The molecule has 27 heavy (non-hydrogen) atoms. The smallest absolute Gasteiger partial charge is 0.307 e. The second-order valence-electron chi connectivity index (χ2n) is 6.94. The van der Waals surface area contributed by atoms with Crippen LogP contribution < -0.4 is 4.74 Å². The molecule has 1 aliphatic rings. The van der Waals surface area contributed by atoms with Gasteiger partial charge in [-0.1, -0.05) is 29.8 Å². The van der Waals surface area contributed by atoms with Gasteiger partial charge in [0.15, 0.2) is 0 Å². The Morgan fingerprint density at radius 1 is 1.15 bits per heavy atom. The average molecular weight is 360 g/mol. The molecule has 0 radical (unpaired) electrons. The summed E-state index contributed by atoms with van der Waals surface area (Å²) in [5.74, 6) is -0.354. The zero-order valence-electron chi connectivity index (χ0n) is 15.0. The molecular formula is C22H20N2O3. The molecule has 2 aromatic heterocycles. The minimum atomic E-state index is -0.750. The summed E-state index contributed by atoms with van der Waals surface area (Å²) in [6.45, 7) is 2.54. The highest BCUT2D eigenvalue weighted by molar-refractivity contribution is 5.75. The van der Waals surface area contributed by atoms with Gasteiger partial charge in [0.2, 0.25) is 0 Å². The second kappa shape index (κ2) is 7.19. The number of carboxylic acid groups (broad SMARTS) is 1. The minimum Gasteiger partial charge on any atom is -0.487 e. The molecule has 1 aliphatic carbocycles. The second-order valence-corrected chi connectivity index (χ2v) is 6.94. The summed E-state index contributed by atoms with van der Waals surface area (Å²) in [5.41, 5.74) is 5.03. The third kappa shape index (κ3) is 3.97. The molecule has 1 saturated carbocycles. The van der Waals surface area contributed by atoms with Crippen LogP contribution in [0.1, 0.15) is 29.2 Å². The van der Waals surface area contributed by atoms with E-state index in [0.717, 1.165) is 22.4 Å². The zero-order valence-corrected chi connectivity index (χ0v) is 15.0. The summed E-state index contributed by atoms with van der Waals surface area (Å²) in [7, 11) is 0. The van der Waals surface area contributed by atoms with Crippen LogP contribution in [-0.2, 0) is 11.4 Å². The molecule has 1 fully saturated rings. The van der Waals surface area contributed by atoms with Gasteiger partial charge < -0.3 is 9.84 Å². The van der Waals surface area contributed by atoms with Crippen molar-refractivity contribution >= 4 is 5.97 Å². The van der Waals surface area contributed by atoms with Gasteiger partial charge in [-0.3, -0.25) is 14.8 Å². The molecular weight excluding hydrogens is 340 g/mol. The normalized spacial score (nSPS) is 18.1. The Balaban J connectivity index is 1.49. The topological polar surface area (TPSA) is 72.3 Å². The first-order valence-corrected chi connectivity index (χ1v) is 8.92. The van der Waals surface area contributed by atoms with E-state index >= 15 is 0 Å². The van der Waals surface area contributed by atoms with E-state index in [1.54, 1.807) is 18.6 Å². The molecule has 1 N–H and O–H groups in total. The lowest BCUT2D eigenvalue weighted by Crippen LogP contribution is -2.00. The number of aromatic nitrogens is 2. The summed E-state index contributed by atoms with van der Waals surface area (Å²) >= 11 is 0. The van der Waals surface area contributed by atoms with Gasteiger partial charge in [-0.05, 0) is 42.7 Å². The van der Waals surface area contributed by atoms with Crippen LogP contribution in [0.3, 0.4) is 0 Å². The molecule has 3 aromatic rings. The highest BCUT2D eigenvalue weighted by Crippen LogP contribution is 2.47. The molecule has 0 amide bonds. The predicted molar refractivity (Wildman–Crippen MR) is 101 cm³/mol. The molecule has 2 unspecified atom stereocenters. The Bertz CT molecular complexity index is 969. The Hall–Kier alpha value is -3.21. The third-order valence-electron chi connectivity index (χ3n) is 4.84. The number of carboxylic acids is 1. The standard InChI is InChI=1S/C22H20N2O3/c1-14-2-4-15(5-3-14)13-27-18-8-17(11-23-12-18)16-6-7-24-21(9-16)19-10-20(19)22(25)26/h2-9,11-12,19-20H,10,13H2,1H3,(H,25,26). The van der Waals surface area contributed by atoms with Gasteiger partial charge in [-0.15, -0.1) is 0 Å². The monoisotopic (exact) mass is 360 g/mol. The maximum absolute atomic E-state index is 11.1. The third-order valence-corrected chi connectivity index (χ3v) is 4.84. The summed E-state index contributed by atoms with van der Waals surface area (Å²) in [4.78, 5) is 19.7. The summed E-state index contributed by atoms with van der Waals surface area (Å²) in [5, 5.41) is 9.12. The van der Waals surface area contributed by atoms with E-state index in [1.807, 2.05) is 18.2 Å². The molecule has 0 aliphatic heterocycles. The first-order chi connectivity index (χ1) is 13.1. The fraction of sp³-hybridized carbons (Fsp3) is 0.227. The number of aliphatic carboxylic acids is 1. The Labute approximate surface area is 157 Å². The van der Waals surface area contributed by atoms with E-state index in [-0.39, 0.29) is 11.8 Å². The Morgan fingerprint density at radius 3 is 2.70 bits per heavy atom. The van der Waals surface area contributed by atoms with Crippen molar-refractivity contribution in [1.82, 2.24) is 9.97 Å². The number of aryl methyl sites for hydroxylation is 1. The number of hydrogen-bond acceptors (Lipinski definition) is 4. The number of carbonyl (C=O) groups is 1. The van der Waals surface area contributed by atoms with Gasteiger partial charge in [-0.2, -0.15) is 0 Å². The van der Waals surface area contributed by atoms with E-state index in [2.05, 4.69) is 41.2 Å². The van der Waals surface area contributed by atoms with Crippen LogP contribution in [0, 0.1) is 12.8 Å². The van der Waals surface area contributed by atoms with Crippen molar-refractivity contribution in [2.24, 2.45) is 5.92 Å². The summed E-state index contributed by atoms with van der Waals surface area (Å²) < 4.78 is 5.88. The van der Waals surface area contributed by atoms with Crippen molar-refractivity contribution in [3.05, 3.63) is 77.9 Å². The Morgan fingerprint density at radius 2 is 1.96 bits per heavy atom. The number of ether oxygens (including phenoxy) is 1. The molecule has 1 aromatic carbocycles. The van der Waals surface area contributed by atoms with E-state index in [4.69, 9.17) is 9.84 Å². The number of rotatable bonds is 6. The van der Waals surface area contributed by atoms with Gasteiger partial charge in [0, 0.05) is 29.6 Å². The van der Waals surface area contributed by atoms with E-state index in [9.17, 15) is 4.79 Å². The predicted octanol–water partition coefficient (Wildman–Crippen LogP) is 4.22. The molecule has 0 spiro atoms. The van der Waals surface area contributed by atoms with E-state index < -0.39 is 5.97 Å². The van der Waals surface area contributed by atoms with Gasteiger partial charge in [0.25, 0.3) is 0 Å². The SMILES string of the molecule is Cc1ccc(COc2cncc(-c3ccnc(C4CC4C(=O)O)c3)c2)cc1. The number of nitrogens with zero attached hydrogens (tertiary/aromatic N) is 2. The van der Waals surface area contributed by atoms with Gasteiger partial charge in [0.1, 0.15) is 12.4 Å². The van der Waals surface area contributed by atoms with Crippen LogP contribution >= 0.6 is 0 Å². The quantitative estimate of drug-likeness (QED) is 0.712. The largest absolute Gasteiger partial charge is 0.487 e. The first-order valence-electron chi connectivity index (χ1n) is 8.92.